The Hall–Kier alpha value is -2.34. The standard InChI is InChI=1S/C20H24IN5O4/c1-24-17-16(18(28)23-20(24)29)26(19(22-17)25-9-3-2-4-10-25)11-14(27)12-30-15-7-5-13(21)6-8-15/h5-8,14,27H,2-4,9-12H2,1H3,(H,23,28,29)/t14-/m0/s1. The first-order valence-electron chi connectivity index (χ1n) is 9.95. The molecule has 30 heavy (non-hydrogen) atoms. The van der Waals surface area contributed by atoms with Gasteiger partial charge in [0.25, 0.3) is 5.56 Å². The molecule has 1 aliphatic heterocycles. The summed E-state index contributed by atoms with van der Waals surface area (Å²) in [5.74, 6) is 1.27. The van der Waals surface area contributed by atoms with E-state index >= 15 is 0 Å². The van der Waals surface area contributed by atoms with Gasteiger partial charge in [0.2, 0.25) is 5.95 Å². The number of hydrogen-bond donors (Lipinski definition) is 2. The Kier molecular flexibility index (Phi) is 6.14. The monoisotopic (exact) mass is 525 g/mol. The van der Waals surface area contributed by atoms with E-state index in [1.165, 1.54) is 4.57 Å². The molecule has 0 amide bonds. The van der Waals surface area contributed by atoms with E-state index in [1.807, 2.05) is 24.3 Å². The van der Waals surface area contributed by atoms with Crippen molar-refractivity contribution >= 4 is 39.7 Å². The third-order valence-electron chi connectivity index (χ3n) is 5.28. The average molecular weight is 525 g/mol. The number of nitrogens with zero attached hydrogens (tertiary/aromatic N) is 4. The Morgan fingerprint density at radius 2 is 1.90 bits per heavy atom. The molecular weight excluding hydrogens is 501 g/mol. The second-order valence-corrected chi connectivity index (χ2v) is 8.73. The lowest BCUT2D eigenvalue weighted by Crippen LogP contribution is -2.34. The van der Waals surface area contributed by atoms with Gasteiger partial charge in [0.1, 0.15) is 18.5 Å². The lowest BCUT2D eigenvalue weighted by atomic mass is 10.1. The van der Waals surface area contributed by atoms with Crippen molar-refractivity contribution in [1.29, 1.82) is 0 Å². The molecular formula is C20H24IN5O4. The van der Waals surface area contributed by atoms with Gasteiger partial charge in [0.05, 0.1) is 6.54 Å². The number of aromatic amines is 1. The summed E-state index contributed by atoms with van der Waals surface area (Å²) in [6.45, 7) is 1.85. The maximum absolute atomic E-state index is 12.6. The lowest BCUT2D eigenvalue weighted by Gasteiger charge is -2.28. The fourth-order valence-corrected chi connectivity index (χ4v) is 4.08. The van der Waals surface area contributed by atoms with E-state index in [0.717, 1.165) is 35.9 Å². The summed E-state index contributed by atoms with van der Waals surface area (Å²) >= 11 is 2.22. The molecule has 1 fully saturated rings. The van der Waals surface area contributed by atoms with Crippen molar-refractivity contribution in [3.8, 4) is 5.75 Å². The van der Waals surface area contributed by atoms with Gasteiger partial charge in [-0.2, -0.15) is 4.98 Å². The number of piperidine rings is 1. The lowest BCUT2D eigenvalue weighted by molar-refractivity contribution is 0.0936. The van der Waals surface area contributed by atoms with Crippen LogP contribution in [0.5, 0.6) is 5.75 Å². The third kappa shape index (κ3) is 4.24. The molecule has 0 saturated carbocycles. The molecule has 0 radical (unpaired) electrons. The van der Waals surface area contributed by atoms with Crippen LogP contribution in [-0.2, 0) is 13.6 Å². The number of nitrogens with one attached hydrogen (secondary N) is 1. The van der Waals surface area contributed by atoms with Crippen LogP contribution in [0.25, 0.3) is 11.2 Å². The maximum atomic E-state index is 12.6. The Morgan fingerprint density at radius 3 is 2.60 bits per heavy atom. The van der Waals surface area contributed by atoms with Crippen molar-refractivity contribution < 1.29 is 9.84 Å². The first-order chi connectivity index (χ1) is 14.4. The molecule has 4 rings (SSSR count). The molecule has 160 valence electrons. The predicted molar refractivity (Wildman–Crippen MR) is 122 cm³/mol. The second kappa shape index (κ2) is 8.80. The first-order valence-corrected chi connectivity index (χ1v) is 11.0. The highest BCUT2D eigenvalue weighted by molar-refractivity contribution is 14.1. The molecule has 2 aromatic heterocycles. The SMILES string of the molecule is Cn1c(=O)[nH]c(=O)c2c1nc(N1CCCCC1)n2C[C@H](O)COc1ccc(I)cc1. The topological polar surface area (TPSA) is 105 Å². The summed E-state index contributed by atoms with van der Waals surface area (Å²) in [6.07, 6.45) is 2.37. The van der Waals surface area contributed by atoms with Crippen LogP contribution in [0.15, 0.2) is 33.9 Å². The van der Waals surface area contributed by atoms with Gasteiger partial charge in [-0.1, -0.05) is 0 Å². The van der Waals surface area contributed by atoms with E-state index in [9.17, 15) is 14.7 Å². The van der Waals surface area contributed by atoms with Gasteiger partial charge in [-0.15, -0.1) is 0 Å². The number of imidazole rings is 1. The molecule has 0 unspecified atom stereocenters. The minimum absolute atomic E-state index is 0.0728. The van der Waals surface area contributed by atoms with Crippen LogP contribution in [0.4, 0.5) is 5.95 Å². The van der Waals surface area contributed by atoms with Crippen LogP contribution in [0.3, 0.4) is 0 Å². The molecule has 1 saturated heterocycles. The number of halogens is 1. The summed E-state index contributed by atoms with van der Waals surface area (Å²) in [6, 6.07) is 7.56. The summed E-state index contributed by atoms with van der Waals surface area (Å²) in [4.78, 5) is 33.7. The molecule has 10 heteroatoms. The molecule has 3 heterocycles. The van der Waals surface area contributed by atoms with Gasteiger partial charge in [0.15, 0.2) is 11.2 Å². The van der Waals surface area contributed by atoms with Gasteiger partial charge in [-0.3, -0.25) is 14.3 Å². The molecule has 3 aromatic rings. The van der Waals surface area contributed by atoms with E-state index < -0.39 is 17.4 Å². The van der Waals surface area contributed by atoms with Crippen LogP contribution in [0.1, 0.15) is 19.3 Å². The molecule has 9 nitrogen and oxygen atoms in total. The number of benzene rings is 1. The number of aliphatic hydroxyl groups is 1. The van der Waals surface area contributed by atoms with Gasteiger partial charge in [-0.25, -0.2) is 4.79 Å². The zero-order valence-corrected chi connectivity index (χ0v) is 18.8. The Bertz CT molecular complexity index is 1140. The highest BCUT2D eigenvalue weighted by Crippen LogP contribution is 2.23. The van der Waals surface area contributed by atoms with Crippen LogP contribution < -0.4 is 20.9 Å². The molecule has 0 aliphatic carbocycles. The number of rotatable bonds is 6. The first kappa shape index (κ1) is 20.9. The van der Waals surface area contributed by atoms with Crippen LogP contribution in [0, 0.1) is 3.57 Å². The second-order valence-electron chi connectivity index (χ2n) is 7.48. The van der Waals surface area contributed by atoms with E-state index in [2.05, 4.69) is 37.5 Å². The maximum Gasteiger partial charge on any atom is 0.329 e. The number of ether oxygens (including phenoxy) is 1. The van der Waals surface area contributed by atoms with Crippen molar-refractivity contribution in [2.75, 3.05) is 24.6 Å². The van der Waals surface area contributed by atoms with Gasteiger partial charge >= 0.3 is 5.69 Å². The smallest absolute Gasteiger partial charge is 0.329 e. The van der Waals surface area contributed by atoms with Crippen molar-refractivity contribution in [3.63, 3.8) is 0 Å². The summed E-state index contributed by atoms with van der Waals surface area (Å²) in [7, 11) is 1.58. The fourth-order valence-electron chi connectivity index (χ4n) is 3.72. The Labute approximate surface area is 186 Å². The summed E-state index contributed by atoms with van der Waals surface area (Å²) in [5.41, 5.74) is -0.416. The van der Waals surface area contributed by atoms with Gasteiger partial charge in [-0.05, 0) is 66.1 Å². The number of fused-ring (bicyclic) bond motifs is 1. The van der Waals surface area contributed by atoms with Crippen molar-refractivity contribution in [3.05, 3.63) is 48.7 Å². The minimum Gasteiger partial charge on any atom is -0.491 e. The van der Waals surface area contributed by atoms with E-state index in [-0.39, 0.29) is 18.7 Å². The zero-order chi connectivity index (χ0) is 21.3. The average Bonchev–Trinajstić information content (AvgIpc) is 3.12. The molecule has 1 aliphatic rings. The molecule has 1 atom stereocenters. The third-order valence-corrected chi connectivity index (χ3v) is 5.99. The van der Waals surface area contributed by atoms with Gasteiger partial charge in [0, 0.05) is 23.7 Å². The highest BCUT2D eigenvalue weighted by Gasteiger charge is 2.24. The number of aliphatic hydroxyl groups excluding tert-OH is 1. The quantitative estimate of drug-likeness (QED) is 0.473. The highest BCUT2D eigenvalue weighted by atomic mass is 127. The van der Waals surface area contributed by atoms with Crippen molar-refractivity contribution in [2.24, 2.45) is 7.05 Å². The van der Waals surface area contributed by atoms with E-state index in [4.69, 9.17) is 4.74 Å². The number of anilines is 1. The predicted octanol–water partition coefficient (Wildman–Crippen LogP) is 1.46. The molecule has 0 bridgehead atoms. The summed E-state index contributed by atoms with van der Waals surface area (Å²) in [5, 5.41) is 10.7. The molecule has 2 N–H and O–H groups in total. The molecule has 1 aromatic carbocycles. The number of hydrogen-bond acceptors (Lipinski definition) is 6. The zero-order valence-electron chi connectivity index (χ0n) is 16.7. The van der Waals surface area contributed by atoms with Crippen molar-refractivity contribution in [1.82, 2.24) is 19.1 Å². The van der Waals surface area contributed by atoms with E-state index in [0.29, 0.717) is 17.3 Å². The van der Waals surface area contributed by atoms with Gasteiger partial charge < -0.3 is 19.3 Å². The number of H-pyrrole nitrogens is 1. The number of aromatic nitrogens is 4. The largest absolute Gasteiger partial charge is 0.491 e. The van der Waals surface area contributed by atoms with E-state index in [1.54, 1.807) is 11.6 Å². The van der Waals surface area contributed by atoms with Crippen molar-refractivity contribution in [2.45, 2.75) is 31.9 Å². The molecule has 0 spiro atoms. The van der Waals surface area contributed by atoms with Crippen LogP contribution in [0.2, 0.25) is 0 Å². The Balaban J connectivity index is 1.65. The fraction of sp³-hybridized carbons (Fsp3) is 0.450. The minimum atomic E-state index is -0.859. The van der Waals surface area contributed by atoms with Crippen LogP contribution in [-0.4, -0.2) is 50.0 Å². The Morgan fingerprint density at radius 1 is 1.20 bits per heavy atom. The normalized spacial score (nSPS) is 15.5. The summed E-state index contributed by atoms with van der Waals surface area (Å²) < 4.78 is 9.84. The van der Waals surface area contributed by atoms with Crippen LogP contribution >= 0.6 is 22.6 Å². The number of aryl methyl sites for hydroxylation is 1.